The minimum Gasteiger partial charge on any atom is -0.492 e. The highest BCUT2D eigenvalue weighted by Gasteiger charge is 2.10. The van der Waals surface area contributed by atoms with Gasteiger partial charge in [-0.25, -0.2) is 0 Å². The zero-order chi connectivity index (χ0) is 14.4. The zero-order valence-corrected chi connectivity index (χ0v) is 12.0. The Balaban J connectivity index is 2.04. The van der Waals surface area contributed by atoms with Gasteiger partial charge in [-0.05, 0) is 25.0 Å². The first-order valence-electron chi connectivity index (χ1n) is 7.00. The molecule has 0 saturated carbocycles. The average molecular weight is 271 g/mol. The molecular weight excluding hydrogens is 250 g/mol. The van der Waals surface area contributed by atoms with Crippen LogP contribution in [0.15, 0.2) is 42.7 Å². The fourth-order valence-corrected chi connectivity index (χ4v) is 1.98. The Morgan fingerprint density at radius 1 is 1.20 bits per heavy atom. The Hall–Kier alpha value is -1.87. The molecule has 0 aliphatic heterocycles. The lowest BCUT2D eigenvalue weighted by atomic mass is 10.0. The molecular formula is C17H21NO2. The first kappa shape index (κ1) is 14.5. The molecule has 1 aromatic heterocycles. The zero-order valence-electron chi connectivity index (χ0n) is 12.0. The highest BCUT2D eigenvalue weighted by molar-refractivity contribution is 5.28. The number of aliphatic hydroxyl groups is 1. The summed E-state index contributed by atoms with van der Waals surface area (Å²) in [6.45, 7) is 4.78. The fraction of sp³-hybridized carbons (Fsp3) is 0.353. The minimum absolute atomic E-state index is 0.560. The van der Waals surface area contributed by atoms with Crippen LogP contribution < -0.4 is 4.74 Å². The molecule has 1 unspecified atom stereocenters. The standard InChI is InChI=1S/C17H21NO2/c1-3-8-20-16-10-15(11-18-12-16)17(19)9-14-6-4-13(2)5-7-14/h4-7,10-12,17,19H,3,8-9H2,1-2H3. The second-order valence-electron chi connectivity index (χ2n) is 5.01. The third kappa shape index (κ3) is 4.07. The van der Waals surface area contributed by atoms with Crippen LogP contribution in [0.1, 0.15) is 36.1 Å². The summed E-state index contributed by atoms with van der Waals surface area (Å²) >= 11 is 0. The smallest absolute Gasteiger partial charge is 0.137 e. The summed E-state index contributed by atoms with van der Waals surface area (Å²) in [6.07, 6.45) is 4.35. The molecule has 2 rings (SSSR count). The van der Waals surface area contributed by atoms with Gasteiger partial charge in [-0.3, -0.25) is 4.98 Å². The number of aliphatic hydroxyl groups excluding tert-OH is 1. The summed E-state index contributed by atoms with van der Waals surface area (Å²) in [7, 11) is 0. The van der Waals surface area contributed by atoms with Crippen molar-refractivity contribution in [2.24, 2.45) is 0 Å². The van der Waals surface area contributed by atoms with Gasteiger partial charge in [-0.1, -0.05) is 36.8 Å². The maximum Gasteiger partial charge on any atom is 0.137 e. The number of pyridine rings is 1. The Morgan fingerprint density at radius 3 is 2.65 bits per heavy atom. The van der Waals surface area contributed by atoms with E-state index in [1.807, 2.05) is 18.2 Å². The SMILES string of the molecule is CCCOc1cncc(C(O)Cc2ccc(C)cc2)c1. The molecule has 20 heavy (non-hydrogen) atoms. The van der Waals surface area contributed by atoms with Crippen LogP contribution in [0.5, 0.6) is 5.75 Å². The van der Waals surface area contributed by atoms with E-state index in [1.165, 1.54) is 5.56 Å². The Kier molecular flexibility index (Phi) is 5.13. The molecule has 2 aromatic rings. The molecule has 0 saturated heterocycles. The van der Waals surface area contributed by atoms with E-state index in [0.717, 1.165) is 17.5 Å². The Morgan fingerprint density at radius 2 is 1.95 bits per heavy atom. The van der Waals surface area contributed by atoms with Crippen molar-refractivity contribution in [3.63, 3.8) is 0 Å². The number of hydrogen-bond acceptors (Lipinski definition) is 3. The first-order valence-corrected chi connectivity index (χ1v) is 7.00. The first-order chi connectivity index (χ1) is 9.69. The van der Waals surface area contributed by atoms with E-state index >= 15 is 0 Å². The van der Waals surface area contributed by atoms with Crippen LogP contribution in [0.2, 0.25) is 0 Å². The lowest BCUT2D eigenvalue weighted by Crippen LogP contribution is -2.04. The second kappa shape index (κ2) is 7.06. The third-order valence-electron chi connectivity index (χ3n) is 3.14. The van der Waals surface area contributed by atoms with Crippen LogP contribution in [-0.2, 0) is 6.42 Å². The fourth-order valence-electron chi connectivity index (χ4n) is 1.98. The lowest BCUT2D eigenvalue weighted by molar-refractivity contribution is 0.177. The summed E-state index contributed by atoms with van der Waals surface area (Å²) in [6, 6.07) is 10.1. The van der Waals surface area contributed by atoms with E-state index in [0.29, 0.717) is 18.8 Å². The van der Waals surface area contributed by atoms with Gasteiger partial charge in [0.25, 0.3) is 0 Å². The number of ether oxygens (including phenoxy) is 1. The molecule has 3 nitrogen and oxygen atoms in total. The molecule has 1 atom stereocenters. The molecule has 0 radical (unpaired) electrons. The van der Waals surface area contributed by atoms with Crippen LogP contribution in [0.4, 0.5) is 0 Å². The summed E-state index contributed by atoms with van der Waals surface area (Å²) in [5.74, 6) is 0.715. The highest BCUT2D eigenvalue weighted by Crippen LogP contribution is 2.21. The molecule has 0 spiro atoms. The summed E-state index contributed by atoms with van der Waals surface area (Å²) in [5.41, 5.74) is 3.13. The highest BCUT2D eigenvalue weighted by atomic mass is 16.5. The van der Waals surface area contributed by atoms with Crippen LogP contribution in [0, 0.1) is 6.92 Å². The van der Waals surface area contributed by atoms with Crippen molar-refractivity contribution in [3.05, 3.63) is 59.4 Å². The van der Waals surface area contributed by atoms with Crippen molar-refractivity contribution in [1.82, 2.24) is 4.98 Å². The van der Waals surface area contributed by atoms with E-state index < -0.39 is 6.10 Å². The van der Waals surface area contributed by atoms with Crippen molar-refractivity contribution in [2.45, 2.75) is 32.8 Å². The minimum atomic E-state index is -0.560. The number of benzene rings is 1. The molecule has 0 amide bonds. The largest absolute Gasteiger partial charge is 0.492 e. The van der Waals surface area contributed by atoms with Gasteiger partial charge in [0.1, 0.15) is 5.75 Å². The van der Waals surface area contributed by atoms with Crippen molar-refractivity contribution in [2.75, 3.05) is 6.61 Å². The monoisotopic (exact) mass is 271 g/mol. The summed E-state index contributed by atoms with van der Waals surface area (Å²) in [5, 5.41) is 10.3. The number of aromatic nitrogens is 1. The molecule has 0 bridgehead atoms. The lowest BCUT2D eigenvalue weighted by Gasteiger charge is -2.12. The van der Waals surface area contributed by atoms with Crippen molar-refractivity contribution < 1.29 is 9.84 Å². The summed E-state index contributed by atoms with van der Waals surface area (Å²) in [4.78, 5) is 4.13. The van der Waals surface area contributed by atoms with Gasteiger partial charge in [-0.15, -0.1) is 0 Å². The molecule has 0 aliphatic rings. The van der Waals surface area contributed by atoms with Gasteiger partial charge in [0.05, 0.1) is 18.9 Å². The van der Waals surface area contributed by atoms with Crippen molar-refractivity contribution in [1.29, 1.82) is 0 Å². The van der Waals surface area contributed by atoms with E-state index in [9.17, 15) is 5.11 Å². The predicted molar refractivity (Wildman–Crippen MR) is 79.9 cm³/mol. The van der Waals surface area contributed by atoms with E-state index in [4.69, 9.17) is 4.74 Å². The Bertz CT molecular complexity index is 537. The molecule has 1 heterocycles. The number of nitrogens with zero attached hydrogens (tertiary/aromatic N) is 1. The van der Waals surface area contributed by atoms with Crippen LogP contribution in [-0.4, -0.2) is 16.7 Å². The van der Waals surface area contributed by atoms with Gasteiger partial charge >= 0.3 is 0 Å². The maximum absolute atomic E-state index is 10.3. The van der Waals surface area contributed by atoms with Crippen LogP contribution in [0.25, 0.3) is 0 Å². The topological polar surface area (TPSA) is 42.4 Å². The van der Waals surface area contributed by atoms with Gasteiger partial charge in [0.15, 0.2) is 0 Å². The number of aryl methyl sites for hydroxylation is 1. The molecule has 106 valence electrons. The third-order valence-corrected chi connectivity index (χ3v) is 3.14. The number of rotatable bonds is 6. The molecule has 1 aromatic carbocycles. The quantitative estimate of drug-likeness (QED) is 0.875. The van der Waals surface area contributed by atoms with Gasteiger partial charge < -0.3 is 9.84 Å². The van der Waals surface area contributed by atoms with Crippen molar-refractivity contribution >= 4 is 0 Å². The second-order valence-corrected chi connectivity index (χ2v) is 5.01. The molecule has 3 heteroatoms. The van der Waals surface area contributed by atoms with E-state index in [-0.39, 0.29) is 0 Å². The summed E-state index contributed by atoms with van der Waals surface area (Å²) < 4.78 is 5.54. The van der Waals surface area contributed by atoms with Gasteiger partial charge in [0, 0.05) is 18.2 Å². The molecule has 1 N–H and O–H groups in total. The van der Waals surface area contributed by atoms with E-state index in [2.05, 4.69) is 31.0 Å². The van der Waals surface area contributed by atoms with E-state index in [1.54, 1.807) is 12.4 Å². The van der Waals surface area contributed by atoms with Crippen molar-refractivity contribution in [3.8, 4) is 5.75 Å². The van der Waals surface area contributed by atoms with Crippen LogP contribution >= 0.6 is 0 Å². The normalized spacial score (nSPS) is 12.2. The van der Waals surface area contributed by atoms with Gasteiger partial charge in [-0.2, -0.15) is 0 Å². The average Bonchev–Trinajstić information content (AvgIpc) is 2.48. The maximum atomic E-state index is 10.3. The Labute approximate surface area is 120 Å². The molecule has 0 aliphatic carbocycles. The number of hydrogen-bond donors (Lipinski definition) is 1. The predicted octanol–water partition coefficient (Wildman–Crippen LogP) is 3.45. The van der Waals surface area contributed by atoms with Gasteiger partial charge in [0.2, 0.25) is 0 Å². The van der Waals surface area contributed by atoms with Crippen LogP contribution in [0.3, 0.4) is 0 Å². The molecule has 0 fully saturated rings.